The molecule has 3 heteroatoms. The first-order valence-corrected chi connectivity index (χ1v) is 6.67. The average Bonchev–Trinajstić information content (AvgIpc) is 2.13. The van der Waals surface area contributed by atoms with Crippen molar-refractivity contribution >= 4 is 5.91 Å². The number of nitrogens with two attached hydrogens (primary N) is 2. The minimum Gasteiger partial charge on any atom is -0.370 e. The summed E-state index contributed by atoms with van der Waals surface area (Å²) in [5.41, 5.74) is 11.5. The third kappa shape index (κ3) is 1.65. The van der Waals surface area contributed by atoms with Gasteiger partial charge >= 0.3 is 0 Å². The average molecular weight is 222 g/mol. The number of hydrogen-bond acceptors (Lipinski definition) is 2. The minimum absolute atomic E-state index is 0.0208. The topological polar surface area (TPSA) is 69.1 Å². The summed E-state index contributed by atoms with van der Waals surface area (Å²) in [6.07, 6.45) is 7.31. The third-order valence-electron chi connectivity index (χ3n) is 5.23. The Balaban J connectivity index is 1.73. The van der Waals surface area contributed by atoms with Crippen LogP contribution in [0.3, 0.4) is 0 Å². The largest absolute Gasteiger partial charge is 0.370 e. The van der Waals surface area contributed by atoms with Crippen LogP contribution in [0.4, 0.5) is 0 Å². The van der Waals surface area contributed by atoms with Gasteiger partial charge in [-0.3, -0.25) is 4.79 Å². The Labute approximate surface area is 96.9 Å². The maximum absolute atomic E-state index is 11.0. The van der Waals surface area contributed by atoms with E-state index in [0.29, 0.717) is 12.3 Å². The molecular formula is C13H22N2O. The lowest BCUT2D eigenvalue weighted by atomic mass is 9.50. The lowest BCUT2D eigenvalue weighted by molar-refractivity contribution is -0.119. The molecule has 0 aromatic rings. The second-order valence-corrected chi connectivity index (χ2v) is 6.34. The van der Waals surface area contributed by atoms with Crippen molar-refractivity contribution in [2.75, 3.05) is 0 Å². The molecule has 0 saturated heterocycles. The third-order valence-corrected chi connectivity index (χ3v) is 5.23. The van der Waals surface area contributed by atoms with Crippen molar-refractivity contribution in [3.8, 4) is 0 Å². The van der Waals surface area contributed by atoms with Crippen molar-refractivity contribution in [3.05, 3.63) is 0 Å². The summed E-state index contributed by atoms with van der Waals surface area (Å²) in [6, 6.07) is 0.0208. The molecule has 0 aromatic carbocycles. The first-order chi connectivity index (χ1) is 7.63. The van der Waals surface area contributed by atoms with Gasteiger partial charge in [-0.1, -0.05) is 0 Å². The van der Waals surface area contributed by atoms with Gasteiger partial charge in [-0.25, -0.2) is 0 Å². The molecule has 4 bridgehead atoms. The second-order valence-electron chi connectivity index (χ2n) is 6.34. The standard InChI is InChI=1S/C13H22N2O/c14-11(6-12(15)16)13-9-2-7-1-8(4-9)5-10(13)3-7/h7-11,13H,1-6,14H2,(H2,15,16). The number of primary amides is 1. The van der Waals surface area contributed by atoms with E-state index in [-0.39, 0.29) is 11.9 Å². The molecule has 0 radical (unpaired) electrons. The van der Waals surface area contributed by atoms with E-state index in [1.807, 2.05) is 0 Å². The summed E-state index contributed by atoms with van der Waals surface area (Å²) in [5, 5.41) is 0. The van der Waals surface area contributed by atoms with Gasteiger partial charge in [0, 0.05) is 12.5 Å². The van der Waals surface area contributed by atoms with E-state index in [0.717, 1.165) is 23.7 Å². The van der Waals surface area contributed by atoms with E-state index in [1.165, 1.54) is 32.1 Å². The summed E-state index contributed by atoms with van der Waals surface area (Å²) < 4.78 is 0. The Kier molecular flexibility index (Phi) is 2.46. The van der Waals surface area contributed by atoms with E-state index in [1.54, 1.807) is 0 Å². The van der Waals surface area contributed by atoms with Crippen LogP contribution in [0.25, 0.3) is 0 Å². The molecule has 4 N–H and O–H groups in total. The smallest absolute Gasteiger partial charge is 0.218 e. The Morgan fingerprint density at radius 1 is 1.06 bits per heavy atom. The molecule has 0 aromatic heterocycles. The highest BCUT2D eigenvalue weighted by molar-refractivity contribution is 5.74. The Bertz CT molecular complexity index is 274. The van der Waals surface area contributed by atoms with Crippen LogP contribution < -0.4 is 11.5 Å². The van der Waals surface area contributed by atoms with Crippen LogP contribution in [-0.2, 0) is 4.79 Å². The fourth-order valence-electron chi connectivity index (χ4n) is 5.03. The van der Waals surface area contributed by atoms with Crippen LogP contribution in [0.5, 0.6) is 0 Å². The van der Waals surface area contributed by atoms with Gasteiger partial charge in [-0.2, -0.15) is 0 Å². The molecule has 16 heavy (non-hydrogen) atoms. The zero-order valence-electron chi connectivity index (χ0n) is 9.77. The van der Waals surface area contributed by atoms with Gasteiger partial charge in [0.25, 0.3) is 0 Å². The van der Waals surface area contributed by atoms with Gasteiger partial charge in [0.05, 0.1) is 0 Å². The zero-order valence-corrected chi connectivity index (χ0v) is 9.77. The van der Waals surface area contributed by atoms with Crippen molar-refractivity contribution in [1.29, 1.82) is 0 Å². The van der Waals surface area contributed by atoms with Gasteiger partial charge < -0.3 is 11.5 Å². The monoisotopic (exact) mass is 222 g/mol. The predicted octanol–water partition coefficient (Wildman–Crippen LogP) is 1.26. The lowest BCUT2D eigenvalue weighted by Crippen LogP contribution is -2.52. The summed E-state index contributed by atoms with van der Waals surface area (Å²) in [6.45, 7) is 0. The minimum atomic E-state index is -0.235. The number of rotatable bonds is 3. The summed E-state index contributed by atoms with van der Waals surface area (Å²) >= 11 is 0. The van der Waals surface area contributed by atoms with Gasteiger partial charge in [-0.15, -0.1) is 0 Å². The van der Waals surface area contributed by atoms with E-state index in [9.17, 15) is 4.79 Å². The maximum Gasteiger partial charge on any atom is 0.218 e. The molecule has 4 saturated carbocycles. The van der Waals surface area contributed by atoms with E-state index in [2.05, 4.69) is 0 Å². The molecule has 90 valence electrons. The van der Waals surface area contributed by atoms with Crippen molar-refractivity contribution in [2.24, 2.45) is 41.1 Å². The van der Waals surface area contributed by atoms with E-state index in [4.69, 9.17) is 11.5 Å². The second kappa shape index (κ2) is 3.73. The fraction of sp³-hybridized carbons (Fsp3) is 0.923. The highest BCUT2D eigenvalue weighted by Gasteiger charge is 2.49. The van der Waals surface area contributed by atoms with Gasteiger partial charge in [0.2, 0.25) is 5.91 Å². The Morgan fingerprint density at radius 2 is 1.56 bits per heavy atom. The predicted molar refractivity (Wildman–Crippen MR) is 62.3 cm³/mol. The molecular weight excluding hydrogens is 200 g/mol. The van der Waals surface area contributed by atoms with Crippen LogP contribution in [-0.4, -0.2) is 11.9 Å². The molecule has 0 spiro atoms. The van der Waals surface area contributed by atoms with Crippen molar-refractivity contribution in [2.45, 2.75) is 44.6 Å². The van der Waals surface area contributed by atoms with Crippen LogP contribution in [0.15, 0.2) is 0 Å². The first-order valence-electron chi connectivity index (χ1n) is 6.67. The molecule has 3 nitrogen and oxygen atoms in total. The zero-order chi connectivity index (χ0) is 11.3. The summed E-state index contributed by atoms with van der Waals surface area (Å²) in [5.74, 6) is 3.89. The van der Waals surface area contributed by atoms with Crippen LogP contribution in [0.2, 0.25) is 0 Å². The summed E-state index contributed by atoms with van der Waals surface area (Å²) in [4.78, 5) is 11.0. The maximum atomic E-state index is 11.0. The quantitative estimate of drug-likeness (QED) is 0.754. The van der Waals surface area contributed by atoms with E-state index >= 15 is 0 Å². The first kappa shape index (κ1) is 10.6. The normalized spacial score (nSPS) is 46.9. The molecule has 4 fully saturated rings. The number of hydrogen-bond donors (Lipinski definition) is 2. The van der Waals surface area contributed by atoms with Crippen LogP contribution in [0.1, 0.15) is 38.5 Å². The van der Waals surface area contributed by atoms with Crippen LogP contribution in [0, 0.1) is 29.6 Å². The SMILES string of the molecule is NC(=O)CC(N)C1C2CC3CC(C2)CC1C3. The Hall–Kier alpha value is -0.570. The molecule has 0 heterocycles. The fourth-order valence-corrected chi connectivity index (χ4v) is 5.03. The Morgan fingerprint density at radius 3 is 2.00 bits per heavy atom. The molecule has 4 aliphatic rings. The summed E-state index contributed by atoms with van der Waals surface area (Å²) in [7, 11) is 0. The number of carbonyl (C=O) groups excluding carboxylic acids is 1. The molecule has 1 amide bonds. The molecule has 0 aliphatic heterocycles. The number of amides is 1. The number of carbonyl (C=O) groups is 1. The van der Waals surface area contributed by atoms with Crippen molar-refractivity contribution in [3.63, 3.8) is 0 Å². The molecule has 1 unspecified atom stereocenters. The molecule has 4 rings (SSSR count). The van der Waals surface area contributed by atoms with Gasteiger partial charge in [0.15, 0.2) is 0 Å². The van der Waals surface area contributed by atoms with Crippen molar-refractivity contribution in [1.82, 2.24) is 0 Å². The van der Waals surface area contributed by atoms with Crippen molar-refractivity contribution < 1.29 is 4.79 Å². The van der Waals surface area contributed by atoms with Gasteiger partial charge in [0.1, 0.15) is 0 Å². The highest BCUT2D eigenvalue weighted by atomic mass is 16.1. The molecule has 4 aliphatic carbocycles. The van der Waals surface area contributed by atoms with Gasteiger partial charge in [-0.05, 0) is 61.7 Å². The van der Waals surface area contributed by atoms with Crippen LogP contribution >= 0.6 is 0 Å². The molecule has 1 atom stereocenters. The lowest BCUT2D eigenvalue weighted by Gasteiger charge is -2.56. The highest BCUT2D eigenvalue weighted by Crippen LogP contribution is 2.57. The van der Waals surface area contributed by atoms with E-state index < -0.39 is 0 Å².